The van der Waals surface area contributed by atoms with Gasteiger partial charge in [-0.2, -0.15) is 5.10 Å². The Morgan fingerprint density at radius 2 is 1.83 bits per heavy atom. The van der Waals surface area contributed by atoms with Crippen LogP contribution in [0, 0.1) is 6.92 Å². The highest BCUT2D eigenvalue weighted by Gasteiger charge is 2.14. The molecule has 0 atom stereocenters. The maximum Gasteiger partial charge on any atom is 0.338 e. The zero-order valence-electron chi connectivity index (χ0n) is 17.5. The third kappa shape index (κ3) is 5.47. The lowest BCUT2D eigenvalue weighted by molar-refractivity contribution is 0.0378. The highest BCUT2D eigenvalue weighted by Crippen LogP contribution is 2.25. The van der Waals surface area contributed by atoms with Gasteiger partial charge in [0.25, 0.3) is 0 Å². The lowest BCUT2D eigenvalue weighted by atomic mass is 10.1. The summed E-state index contributed by atoms with van der Waals surface area (Å²) in [6, 6.07) is 16.5. The van der Waals surface area contributed by atoms with Crippen LogP contribution in [0.2, 0.25) is 0 Å². The number of oxime groups is 1. The molecular weight excluding hydrogens is 382 g/mol. The molecule has 3 rings (SSSR count). The predicted molar refractivity (Wildman–Crippen MR) is 114 cm³/mol. The first kappa shape index (κ1) is 21.1. The van der Waals surface area contributed by atoms with Crippen molar-refractivity contribution >= 4 is 12.2 Å². The first-order chi connectivity index (χ1) is 14.4. The Hall–Kier alpha value is -3.61. The molecule has 30 heavy (non-hydrogen) atoms. The lowest BCUT2D eigenvalue weighted by Gasteiger charge is -2.08. The van der Waals surface area contributed by atoms with Gasteiger partial charge in [-0.25, -0.2) is 9.48 Å². The van der Waals surface area contributed by atoms with Crippen LogP contribution in [0.15, 0.2) is 59.8 Å². The second-order valence-corrected chi connectivity index (χ2v) is 7.00. The monoisotopic (exact) mass is 407 g/mol. The number of esters is 1. The molecule has 0 aliphatic rings. The number of aromatic nitrogens is 2. The molecule has 0 saturated heterocycles. The Balaban J connectivity index is 1.61. The zero-order chi connectivity index (χ0) is 21.5. The average Bonchev–Trinajstić information content (AvgIpc) is 2.98. The van der Waals surface area contributed by atoms with Crippen LogP contribution >= 0.6 is 0 Å². The molecule has 0 spiro atoms. The molecular formula is C23H25N3O4. The molecule has 2 aromatic carbocycles. The second-order valence-electron chi connectivity index (χ2n) is 7.00. The summed E-state index contributed by atoms with van der Waals surface area (Å²) in [4.78, 5) is 17.3. The van der Waals surface area contributed by atoms with E-state index in [-0.39, 0.29) is 18.7 Å². The van der Waals surface area contributed by atoms with E-state index in [2.05, 4.69) is 10.3 Å². The highest BCUT2D eigenvalue weighted by molar-refractivity contribution is 5.89. The molecule has 156 valence electrons. The van der Waals surface area contributed by atoms with Gasteiger partial charge in [-0.15, -0.1) is 0 Å². The molecule has 0 saturated carbocycles. The number of ether oxygens (including phenoxy) is 2. The van der Waals surface area contributed by atoms with E-state index in [1.165, 1.54) is 0 Å². The van der Waals surface area contributed by atoms with Crippen molar-refractivity contribution in [2.75, 3.05) is 0 Å². The summed E-state index contributed by atoms with van der Waals surface area (Å²) in [6.45, 7) is 5.79. The van der Waals surface area contributed by atoms with Crippen LogP contribution in [-0.2, 0) is 23.2 Å². The van der Waals surface area contributed by atoms with Gasteiger partial charge in [0.2, 0.25) is 5.88 Å². The third-order valence-corrected chi connectivity index (χ3v) is 4.19. The molecule has 0 aliphatic heterocycles. The fourth-order valence-electron chi connectivity index (χ4n) is 2.74. The van der Waals surface area contributed by atoms with Gasteiger partial charge in [0.05, 0.1) is 29.1 Å². The average molecular weight is 407 g/mol. The molecule has 0 N–H and O–H groups in total. The topological polar surface area (TPSA) is 74.9 Å². The van der Waals surface area contributed by atoms with Gasteiger partial charge in [0.1, 0.15) is 12.4 Å². The molecule has 1 aromatic heterocycles. The quantitative estimate of drug-likeness (QED) is 0.309. The van der Waals surface area contributed by atoms with Crippen LogP contribution < -0.4 is 4.74 Å². The molecule has 1 heterocycles. The lowest BCUT2D eigenvalue weighted by Crippen LogP contribution is -2.11. The van der Waals surface area contributed by atoms with Crippen LogP contribution in [0.3, 0.4) is 0 Å². The summed E-state index contributed by atoms with van der Waals surface area (Å²) >= 11 is 0. The normalized spacial score (nSPS) is 11.1. The summed E-state index contributed by atoms with van der Waals surface area (Å²) in [5, 5.41) is 8.45. The van der Waals surface area contributed by atoms with Crippen molar-refractivity contribution in [1.29, 1.82) is 0 Å². The van der Waals surface area contributed by atoms with Gasteiger partial charge in [-0.3, -0.25) is 0 Å². The van der Waals surface area contributed by atoms with E-state index in [0.29, 0.717) is 17.2 Å². The van der Waals surface area contributed by atoms with Crippen LogP contribution in [-0.4, -0.2) is 28.1 Å². The van der Waals surface area contributed by atoms with Crippen molar-refractivity contribution in [3.05, 3.63) is 77.0 Å². The summed E-state index contributed by atoms with van der Waals surface area (Å²) in [5.74, 6) is 0.958. The van der Waals surface area contributed by atoms with Gasteiger partial charge in [-0.1, -0.05) is 35.5 Å². The van der Waals surface area contributed by atoms with E-state index in [1.54, 1.807) is 23.0 Å². The first-order valence-corrected chi connectivity index (χ1v) is 9.66. The molecule has 0 unspecified atom stereocenters. The molecule has 7 heteroatoms. The zero-order valence-corrected chi connectivity index (χ0v) is 17.5. The van der Waals surface area contributed by atoms with Gasteiger partial charge in [-0.05, 0) is 50.6 Å². The summed E-state index contributed by atoms with van der Waals surface area (Å²) < 4.78 is 12.8. The van der Waals surface area contributed by atoms with Crippen LogP contribution in [0.4, 0.5) is 0 Å². The largest absolute Gasteiger partial charge is 0.459 e. The van der Waals surface area contributed by atoms with E-state index in [0.717, 1.165) is 16.8 Å². The van der Waals surface area contributed by atoms with E-state index >= 15 is 0 Å². The molecule has 0 aliphatic carbocycles. The number of hydrogen-bond acceptors (Lipinski definition) is 6. The summed E-state index contributed by atoms with van der Waals surface area (Å²) in [5.41, 5.74) is 2.92. The smallest absolute Gasteiger partial charge is 0.338 e. The van der Waals surface area contributed by atoms with Crippen molar-refractivity contribution in [1.82, 2.24) is 9.78 Å². The molecule has 0 fully saturated rings. The number of benzene rings is 2. The van der Waals surface area contributed by atoms with Gasteiger partial charge in [0, 0.05) is 7.05 Å². The fourth-order valence-corrected chi connectivity index (χ4v) is 2.74. The molecule has 3 aromatic rings. The van der Waals surface area contributed by atoms with Crippen molar-refractivity contribution in [3.8, 4) is 11.6 Å². The minimum atomic E-state index is -0.339. The van der Waals surface area contributed by atoms with E-state index in [4.69, 9.17) is 14.3 Å². The van der Waals surface area contributed by atoms with E-state index in [9.17, 15) is 4.79 Å². The van der Waals surface area contributed by atoms with Crippen molar-refractivity contribution in [2.45, 2.75) is 33.5 Å². The number of carbonyl (C=O) groups excluding carboxylic acids is 1. The molecule has 0 amide bonds. The number of hydrogen-bond donors (Lipinski definition) is 0. The van der Waals surface area contributed by atoms with Gasteiger partial charge in [0.15, 0.2) is 0 Å². The Morgan fingerprint density at radius 3 is 2.50 bits per heavy atom. The number of rotatable bonds is 8. The predicted octanol–water partition coefficient (Wildman–Crippen LogP) is 4.64. The molecule has 0 radical (unpaired) electrons. The van der Waals surface area contributed by atoms with Crippen molar-refractivity contribution < 1.29 is 19.1 Å². The maximum absolute atomic E-state index is 11.9. The number of aryl methyl sites for hydroxylation is 2. The van der Waals surface area contributed by atoms with Gasteiger partial charge >= 0.3 is 5.97 Å². The Morgan fingerprint density at radius 1 is 1.13 bits per heavy atom. The number of nitrogens with zero attached hydrogens (tertiary/aromatic N) is 3. The van der Waals surface area contributed by atoms with Gasteiger partial charge < -0.3 is 14.3 Å². The van der Waals surface area contributed by atoms with E-state index in [1.807, 2.05) is 70.3 Å². The summed E-state index contributed by atoms with van der Waals surface area (Å²) in [6.07, 6.45) is 1.44. The maximum atomic E-state index is 11.9. The Bertz CT molecular complexity index is 1010. The molecule has 7 nitrogen and oxygen atoms in total. The minimum Gasteiger partial charge on any atom is -0.459 e. The molecule has 0 bridgehead atoms. The van der Waals surface area contributed by atoms with Crippen LogP contribution in [0.1, 0.15) is 41.0 Å². The Kier molecular flexibility index (Phi) is 6.85. The summed E-state index contributed by atoms with van der Waals surface area (Å²) in [7, 11) is 1.81. The van der Waals surface area contributed by atoms with Crippen molar-refractivity contribution in [2.24, 2.45) is 12.2 Å². The standard InChI is InChI=1S/C23H25N3O4/c1-16(2)29-23(27)19-12-10-18(11-13-19)15-28-24-14-21-17(3)25-26(4)22(21)30-20-8-6-5-7-9-20/h5-14,16H,15H2,1-4H3/b24-14+. The third-order valence-electron chi connectivity index (χ3n) is 4.19. The second kappa shape index (κ2) is 9.73. The number of para-hydroxylation sites is 1. The highest BCUT2D eigenvalue weighted by atomic mass is 16.6. The Labute approximate surface area is 175 Å². The van der Waals surface area contributed by atoms with Crippen LogP contribution in [0.5, 0.6) is 11.6 Å². The van der Waals surface area contributed by atoms with E-state index < -0.39 is 0 Å². The number of carbonyl (C=O) groups is 1. The van der Waals surface area contributed by atoms with Crippen LogP contribution in [0.25, 0.3) is 0 Å². The van der Waals surface area contributed by atoms with Crippen molar-refractivity contribution in [3.63, 3.8) is 0 Å². The minimum absolute atomic E-state index is 0.151. The first-order valence-electron chi connectivity index (χ1n) is 9.66. The SMILES string of the molecule is Cc1nn(C)c(Oc2ccccc2)c1/C=N/OCc1ccc(C(=O)OC(C)C)cc1. The fraction of sp³-hybridized carbons (Fsp3) is 0.261.